The van der Waals surface area contributed by atoms with Crippen LogP contribution < -0.4 is 0 Å². The molecule has 3 rings (SSSR count). The molecule has 1 nitrogen and oxygen atoms in total. The van der Waals surface area contributed by atoms with Crippen molar-refractivity contribution in [2.45, 2.75) is 20.0 Å². The Labute approximate surface area is 138 Å². The molecule has 0 N–H and O–H groups in total. The average molecular weight is 302 g/mol. The van der Waals surface area contributed by atoms with Crippen LogP contribution in [-0.4, -0.2) is 6.61 Å². The van der Waals surface area contributed by atoms with Crippen LogP contribution in [0.25, 0.3) is 22.3 Å². The van der Waals surface area contributed by atoms with Crippen LogP contribution in [0.4, 0.5) is 0 Å². The highest BCUT2D eigenvalue weighted by atomic mass is 16.5. The number of hydrogen-bond donors (Lipinski definition) is 0. The first-order valence-electron chi connectivity index (χ1n) is 8.16. The molecule has 1 unspecified atom stereocenters. The van der Waals surface area contributed by atoms with Gasteiger partial charge in [0.25, 0.3) is 0 Å². The van der Waals surface area contributed by atoms with Gasteiger partial charge in [-0.15, -0.1) is 0 Å². The van der Waals surface area contributed by atoms with Gasteiger partial charge in [-0.1, -0.05) is 78.9 Å². The van der Waals surface area contributed by atoms with Crippen molar-refractivity contribution in [3.05, 3.63) is 84.4 Å². The minimum atomic E-state index is 0.137. The smallest absolute Gasteiger partial charge is 0.0796 e. The minimum Gasteiger partial charge on any atom is -0.374 e. The Kier molecular flexibility index (Phi) is 4.89. The van der Waals surface area contributed by atoms with Gasteiger partial charge in [0.2, 0.25) is 0 Å². The lowest BCUT2D eigenvalue weighted by Gasteiger charge is -2.14. The first kappa shape index (κ1) is 15.5. The van der Waals surface area contributed by atoms with Gasteiger partial charge in [0.1, 0.15) is 0 Å². The fourth-order valence-corrected chi connectivity index (χ4v) is 2.88. The predicted octanol–water partition coefficient (Wildman–Crippen LogP) is 6.12. The molecular formula is C22H22O. The Morgan fingerprint density at radius 3 is 1.78 bits per heavy atom. The second kappa shape index (κ2) is 7.26. The second-order valence-corrected chi connectivity index (χ2v) is 5.63. The summed E-state index contributed by atoms with van der Waals surface area (Å²) in [4.78, 5) is 0. The Morgan fingerprint density at radius 2 is 1.22 bits per heavy atom. The van der Waals surface area contributed by atoms with Gasteiger partial charge in [-0.25, -0.2) is 0 Å². The summed E-state index contributed by atoms with van der Waals surface area (Å²) in [6.07, 6.45) is 0.137. The van der Waals surface area contributed by atoms with Crippen molar-refractivity contribution in [3.63, 3.8) is 0 Å². The van der Waals surface area contributed by atoms with Gasteiger partial charge in [0.05, 0.1) is 6.10 Å². The molecule has 23 heavy (non-hydrogen) atoms. The van der Waals surface area contributed by atoms with Gasteiger partial charge in [-0.2, -0.15) is 0 Å². The quantitative estimate of drug-likeness (QED) is 0.552. The predicted molar refractivity (Wildman–Crippen MR) is 97.4 cm³/mol. The van der Waals surface area contributed by atoms with Crippen LogP contribution in [0.2, 0.25) is 0 Å². The van der Waals surface area contributed by atoms with E-state index in [9.17, 15) is 0 Å². The maximum atomic E-state index is 5.67. The summed E-state index contributed by atoms with van der Waals surface area (Å²) in [6, 6.07) is 27.8. The number of ether oxygens (including phenoxy) is 1. The molecule has 1 heteroatoms. The van der Waals surface area contributed by atoms with E-state index in [1.807, 2.05) is 6.92 Å². The van der Waals surface area contributed by atoms with Crippen molar-refractivity contribution in [2.24, 2.45) is 0 Å². The first-order chi connectivity index (χ1) is 11.3. The third kappa shape index (κ3) is 3.52. The van der Waals surface area contributed by atoms with Crippen molar-refractivity contribution in [1.29, 1.82) is 0 Å². The van der Waals surface area contributed by atoms with Crippen molar-refractivity contribution >= 4 is 0 Å². The van der Waals surface area contributed by atoms with Gasteiger partial charge in [-0.05, 0) is 41.7 Å². The summed E-state index contributed by atoms with van der Waals surface area (Å²) in [6.45, 7) is 4.86. The van der Waals surface area contributed by atoms with E-state index >= 15 is 0 Å². The van der Waals surface area contributed by atoms with E-state index in [-0.39, 0.29) is 6.10 Å². The normalized spacial score (nSPS) is 12.1. The largest absolute Gasteiger partial charge is 0.374 e. The van der Waals surface area contributed by atoms with Crippen LogP contribution in [0.5, 0.6) is 0 Å². The van der Waals surface area contributed by atoms with Crippen LogP contribution in [0.1, 0.15) is 25.5 Å². The summed E-state index contributed by atoms with van der Waals surface area (Å²) >= 11 is 0. The molecule has 0 radical (unpaired) electrons. The molecule has 3 aromatic rings. The molecule has 0 spiro atoms. The van der Waals surface area contributed by atoms with Crippen LogP contribution in [-0.2, 0) is 4.74 Å². The van der Waals surface area contributed by atoms with E-state index in [1.165, 1.54) is 27.8 Å². The third-order valence-corrected chi connectivity index (χ3v) is 4.12. The summed E-state index contributed by atoms with van der Waals surface area (Å²) in [7, 11) is 0. The molecule has 0 aliphatic rings. The van der Waals surface area contributed by atoms with E-state index in [0.29, 0.717) is 0 Å². The molecular weight excluding hydrogens is 280 g/mol. The molecule has 0 aliphatic carbocycles. The van der Waals surface area contributed by atoms with E-state index in [4.69, 9.17) is 4.74 Å². The standard InChI is InChI=1S/C22H22O/c1-3-23-17(2)18-13-15-20(16-14-18)22-12-8-7-11-21(22)19-9-5-4-6-10-19/h4-17H,3H2,1-2H3. The van der Waals surface area contributed by atoms with Crippen LogP contribution in [0.15, 0.2) is 78.9 Å². The molecule has 0 saturated carbocycles. The summed E-state index contributed by atoms with van der Waals surface area (Å²) in [5.74, 6) is 0. The van der Waals surface area contributed by atoms with Crippen molar-refractivity contribution in [1.82, 2.24) is 0 Å². The molecule has 1 atom stereocenters. The highest BCUT2D eigenvalue weighted by molar-refractivity contribution is 5.83. The molecule has 3 aromatic carbocycles. The zero-order valence-electron chi connectivity index (χ0n) is 13.7. The first-order valence-corrected chi connectivity index (χ1v) is 8.16. The summed E-state index contributed by atoms with van der Waals surface area (Å²) in [5, 5.41) is 0. The van der Waals surface area contributed by atoms with Crippen LogP contribution >= 0.6 is 0 Å². The summed E-state index contributed by atoms with van der Waals surface area (Å²) < 4.78 is 5.67. The monoisotopic (exact) mass is 302 g/mol. The average Bonchev–Trinajstić information content (AvgIpc) is 2.63. The maximum absolute atomic E-state index is 5.67. The molecule has 0 fully saturated rings. The van der Waals surface area contributed by atoms with Crippen molar-refractivity contribution < 1.29 is 4.74 Å². The van der Waals surface area contributed by atoms with E-state index < -0.39 is 0 Å². The molecule has 0 aliphatic heterocycles. The topological polar surface area (TPSA) is 9.23 Å². The second-order valence-electron chi connectivity index (χ2n) is 5.63. The highest BCUT2D eigenvalue weighted by Crippen LogP contribution is 2.32. The molecule has 116 valence electrons. The Morgan fingerprint density at radius 1 is 0.696 bits per heavy atom. The fourth-order valence-electron chi connectivity index (χ4n) is 2.88. The van der Waals surface area contributed by atoms with E-state index in [0.717, 1.165) is 6.61 Å². The number of rotatable bonds is 5. The van der Waals surface area contributed by atoms with Gasteiger partial charge < -0.3 is 4.74 Å². The zero-order chi connectivity index (χ0) is 16.1. The lowest BCUT2D eigenvalue weighted by atomic mass is 9.94. The Balaban J connectivity index is 1.97. The Hall–Kier alpha value is -2.38. The number of hydrogen-bond acceptors (Lipinski definition) is 1. The van der Waals surface area contributed by atoms with Gasteiger partial charge in [0, 0.05) is 6.61 Å². The number of benzene rings is 3. The molecule has 0 bridgehead atoms. The molecule has 0 aromatic heterocycles. The molecule has 0 amide bonds. The lowest BCUT2D eigenvalue weighted by molar-refractivity contribution is 0.0764. The fraction of sp³-hybridized carbons (Fsp3) is 0.182. The lowest BCUT2D eigenvalue weighted by Crippen LogP contribution is -1.99. The van der Waals surface area contributed by atoms with Crippen molar-refractivity contribution in [2.75, 3.05) is 6.61 Å². The SMILES string of the molecule is CCOC(C)c1ccc(-c2ccccc2-c2ccccc2)cc1. The minimum absolute atomic E-state index is 0.137. The van der Waals surface area contributed by atoms with Crippen molar-refractivity contribution in [3.8, 4) is 22.3 Å². The van der Waals surface area contributed by atoms with Gasteiger partial charge in [-0.3, -0.25) is 0 Å². The van der Waals surface area contributed by atoms with Crippen LogP contribution in [0, 0.1) is 0 Å². The van der Waals surface area contributed by atoms with E-state index in [1.54, 1.807) is 0 Å². The van der Waals surface area contributed by atoms with Crippen LogP contribution in [0.3, 0.4) is 0 Å². The zero-order valence-corrected chi connectivity index (χ0v) is 13.7. The molecule has 0 saturated heterocycles. The summed E-state index contributed by atoms with van der Waals surface area (Å²) in [5.41, 5.74) is 6.22. The van der Waals surface area contributed by atoms with Gasteiger partial charge in [0.15, 0.2) is 0 Å². The van der Waals surface area contributed by atoms with E-state index in [2.05, 4.69) is 85.8 Å². The van der Waals surface area contributed by atoms with Gasteiger partial charge >= 0.3 is 0 Å². The maximum Gasteiger partial charge on any atom is 0.0796 e. The highest BCUT2D eigenvalue weighted by Gasteiger charge is 2.08. The third-order valence-electron chi connectivity index (χ3n) is 4.12. The molecule has 0 heterocycles. The Bertz CT molecular complexity index is 744.